The van der Waals surface area contributed by atoms with Crippen LogP contribution >= 0.6 is 0 Å². The van der Waals surface area contributed by atoms with Crippen molar-refractivity contribution in [3.63, 3.8) is 0 Å². The lowest BCUT2D eigenvalue weighted by Crippen LogP contribution is -3.15. The molecular formula is C14H22N5O2+. The first-order valence-electron chi connectivity index (χ1n) is 7.46. The van der Waals surface area contributed by atoms with E-state index in [4.69, 9.17) is 0 Å². The summed E-state index contributed by atoms with van der Waals surface area (Å²) in [5.74, 6) is 0. The minimum absolute atomic E-state index is 0.269. The van der Waals surface area contributed by atoms with Gasteiger partial charge in [-0.2, -0.15) is 0 Å². The number of likely N-dealkylation sites (tertiary alicyclic amines) is 1. The summed E-state index contributed by atoms with van der Waals surface area (Å²) >= 11 is 0. The molecule has 21 heavy (non-hydrogen) atoms. The molecule has 1 fully saturated rings. The number of aryl methyl sites for hydroxylation is 1. The first kappa shape index (κ1) is 14.1. The fourth-order valence-corrected chi connectivity index (χ4v) is 3.22. The van der Waals surface area contributed by atoms with Crippen LogP contribution in [-0.2, 0) is 20.8 Å². The van der Waals surface area contributed by atoms with Crippen LogP contribution in [0.3, 0.4) is 0 Å². The van der Waals surface area contributed by atoms with Crippen molar-refractivity contribution in [3.8, 4) is 0 Å². The van der Waals surface area contributed by atoms with Gasteiger partial charge in [0.25, 0.3) is 5.56 Å². The van der Waals surface area contributed by atoms with E-state index in [1.165, 1.54) is 35.8 Å². The van der Waals surface area contributed by atoms with Crippen LogP contribution in [-0.4, -0.2) is 31.3 Å². The summed E-state index contributed by atoms with van der Waals surface area (Å²) in [6.45, 7) is 4.10. The van der Waals surface area contributed by atoms with Crippen LogP contribution in [0.2, 0.25) is 0 Å². The number of rotatable bonds is 2. The SMILES string of the molecule is C[C@H]1CCCC[NH+]1Cn1cnc2c1c(=O)n(C)c(=O)n2C. The summed E-state index contributed by atoms with van der Waals surface area (Å²) in [6, 6.07) is 0.590. The molecular weight excluding hydrogens is 270 g/mol. The van der Waals surface area contributed by atoms with E-state index in [0.717, 1.165) is 17.8 Å². The number of imidazole rings is 1. The maximum atomic E-state index is 12.4. The van der Waals surface area contributed by atoms with Gasteiger partial charge in [0.1, 0.15) is 6.33 Å². The summed E-state index contributed by atoms with van der Waals surface area (Å²) in [6.07, 6.45) is 5.41. The highest BCUT2D eigenvalue weighted by Gasteiger charge is 2.23. The molecule has 0 bridgehead atoms. The third kappa shape index (κ3) is 2.21. The van der Waals surface area contributed by atoms with Gasteiger partial charge in [-0.15, -0.1) is 0 Å². The van der Waals surface area contributed by atoms with Crippen molar-refractivity contribution >= 4 is 11.2 Å². The second kappa shape index (κ2) is 5.14. The molecule has 114 valence electrons. The molecule has 1 saturated heterocycles. The molecule has 1 aliphatic heterocycles. The second-order valence-electron chi connectivity index (χ2n) is 6.06. The van der Waals surface area contributed by atoms with Crippen LogP contribution in [0.5, 0.6) is 0 Å². The maximum Gasteiger partial charge on any atom is 0.332 e. The average molecular weight is 292 g/mol. The molecule has 0 spiro atoms. The highest BCUT2D eigenvalue weighted by atomic mass is 16.2. The highest BCUT2D eigenvalue weighted by molar-refractivity contribution is 5.69. The van der Waals surface area contributed by atoms with Crippen LogP contribution in [0.4, 0.5) is 0 Å². The molecule has 0 amide bonds. The van der Waals surface area contributed by atoms with Crippen LogP contribution in [0, 0.1) is 0 Å². The van der Waals surface area contributed by atoms with E-state index in [1.807, 2.05) is 4.57 Å². The topological polar surface area (TPSA) is 66.3 Å². The molecule has 0 aliphatic carbocycles. The summed E-state index contributed by atoms with van der Waals surface area (Å²) in [5, 5.41) is 0. The Labute approximate surface area is 122 Å². The van der Waals surface area contributed by atoms with Crippen LogP contribution in [0.25, 0.3) is 11.2 Å². The van der Waals surface area contributed by atoms with Crippen LogP contribution in [0.1, 0.15) is 26.2 Å². The van der Waals surface area contributed by atoms with E-state index in [9.17, 15) is 9.59 Å². The van der Waals surface area contributed by atoms with Gasteiger partial charge in [-0.3, -0.25) is 18.5 Å². The molecule has 2 atom stereocenters. The molecule has 0 aromatic carbocycles. The zero-order valence-electron chi connectivity index (χ0n) is 12.8. The van der Waals surface area contributed by atoms with Crippen LogP contribution in [0.15, 0.2) is 15.9 Å². The molecule has 1 N–H and O–H groups in total. The first-order chi connectivity index (χ1) is 10.0. The number of nitrogens with one attached hydrogen (secondary N) is 1. The van der Waals surface area contributed by atoms with Gasteiger partial charge in [-0.25, -0.2) is 9.78 Å². The molecule has 1 aliphatic rings. The second-order valence-corrected chi connectivity index (χ2v) is 6.06. The maximum absolute atomic E-state index is 12.4. The van der Waals surface area contributed by atoms with Crippen LogP contribution < -0.4 is 16.1 Å². The summed E-state index contributed by atoms with van der Waals surface area (Å²) in [5.41, 5.74) is 0.378. The molecule has 7 heteroatoms. The van der Waals surface area contributed by atoms with Gasteiger partial charge in [0.05, 0.1) is 12.6 Å². The molecule has 3 rings (SSSR count). The zero-order chi connectivity index (χ0) is 15.1. The Kier molecular flexibility index (Phi) is 3.44. The number of hydrogen-bond acceptors (Lipinski definition) is 3. The Morgan fingerprint density at radius 1 is 1.29 bits per heavy atom. The Morgan fingerprint density at radius 3 is 2.76 bits per heavy atom. The highest BCUT2D eigenvalue weighted by Crippen LogP contribution is 2.06. The predicted octanol–water partition coefficient (Wildman–Crippen LogP) is -1.15. The molecule has 7 nitrogen and oxygen atoms in total. The van der Waals surface area contributed by atoms with Gasteiger partial charge in [0.2, 0.25) is 0 Å². The van der Waals surface area contributed by atoms with Gasteiger partial charge < -0.3 is 4.90 Å². The van der Waals surface area contributed by atoms with Gasteiger partial charge in [0, 0.05) is 14.1 Å². The van der Waals surface area contributed by atoms with Crippen molar-refractivity contribution < 1.29 is 4.90 Å². The number of fused-ring (bicyclic) bond motifs is 1. The molecule has 0 radical (unpaired) electrons. The standard InChI is InChI=1S/C14H21N5O2/c1-10-6-4-5-7-18(10)9-19-8-15-12-11(19)13(20)17(3)14(21)16(12)2/h8,10H,4-7,9H2,1-3H3/p+1/t10-/m0/s1. The van der Waals surface area contributed by atoms with Crippen molar-refractivity contribution in [3.05, 3.63) is 27.2 Å². The summed E-state index contributed by atoms with van der Waals surface area (Å²) in [7, 11) is 3.16. The van der Waals surface area contributed by atoms with E-state index in [0.29, 0.717) is 17.2 Å². The van der Waals surface area contributed by atoms with Crippen molar-refractivity contribution in [2.75, 3.05) is 6.54 Å². The summed E-state index contributed by atoms with van der Waals surface area (Å²) in [4.78, 5) is 30.1. The number of piperidine rings is 1. The number of hydrogen-bond donors (Lipinski definition) is 1. The third-order valence-corrected chi connectivity index (χ3v) is 4.67. The fourth-order valence-electron chi connectivity index (χ4n) is 3.22. The molecule has 3 heterocycles. The predicted molar refractivity (Wildman–Crippen MR) is 79.4 cm³/mol. The first-order valence-corrected chi connectivity index (χ1v) is 7.46. The minimum atomic E-state index is -0.337. The Morgan fingerprint density at radius 2 is 2.05 bits per heavy atom. The van der Waals surface area contributed by atoms with Crippen molar-refractivity contribution in [1.29, 1.82) is 0 Å². The lowest BCUT2D eigenvalue weighted by Gasteiger charge is -2.30. The molecule has 0 saturated carbocycles. The fraction of sp³-hybridized carbons (Fsp3) is 0.643. The Bertz CT molecular complexity index is 785. The largest absolute Gasteiger partial charge is 0.332 e. The van der Waals surface area contributed by atoms with Gasteiger partial charge in [-0.05, 0) is 26.2 Å². The van der Waals surface area contributed by atoms with Crippen molar-refractivity contribution in [1.82, 2.24) is 18.7 Å². The van der Waals surface area contributed by atoms with Gasteiger partial charge in [0.15, 0.2) is 17.8 Å². The number of nitrogens with zero attached hydrogens (tertiary/aromatic N) is 4. The molecule has 1 unspecified atom stereocenters. The molecule has 2 aromatic rings. The van der Waals surface area contributed by atoms with Gasteiger partial charge >= 0.3 is 5.69 Å². The quantitative estimate of drug-likeness (QED) is 0.760. The lowest BCUT2D eigenvalue weighted by atomic mass is 10.0. The normalized spacial score (nSPS) is 22.8. The number of aromatic nitrogens is 4. The van der Waals surface area contributed by atoms with E-state index < -0.39 is 0 Å². The zero-order valence-corrected chi connectivity index (χ0v) is 12.8. The van der Waals surface area contributed by atoms with Crippen molar-refractivity contribution in [2.45, 2.75) is 38.9 Å². The smallest absolute Gasteiger partial charge is 0.315 e. The van der Waals surface area contributed by atoms with E-state index in [2.05, 4.69) is 11.9 Å². The van der Waals surface area contributed by atoms with E-state index in [1.54, 1.807) is 13.4 Å². The van der Waals surface area contributed by atoms with E-state index >= 15 is 0 Å². The summed E-state index contributed by atoms with van der Waals surface area (Å²) < 4.78 is 4.48. The van der Waals surface area contributed by atoms with Gasteiger partial charge in [-0.1, -0.05) is 0 Å². The third-order valence-electron chi connectivity index (χ3n) is 4.67. The monoisotopic (exact) mass is 292 g/mol. The van der Waals surface area contributed by atoms with Crippen molar-refractivity contribution in [2.24, 2.45) is 14.1 Å². The van der Waals surface area contributed by atoms with E-state index in [-0.39, 0.29) is 11.2 Å². The minimum Gasteiger partial charge on any atom is -0.315 e. The number of quaternary nitrogens is 1. The Hall–Kier alpha value is -1.89. The molecule has 2 aromatic heterocycles. The average Bonchev–Trinajstić information content (AvgIpc) is 2.89. The lowest BCUT2D eigenvalue weighted by molar-refractivity contribution is -0.950. The Balaban J connectivity index is 2.08.